The van der Waals surface area contributed by atoms with Crippen molar-refractivity contribution in [2.24, 2.45) is 0 Å². The molecule has 5 aromatic heterocycles. The Morgan fingerprint density at radius 2 is 0.725 bits per heavy atom. The normalized spacial score (nSPS) is 12.0. The Hall–Kier alpha value is -8.98. The van der Waals surface area contributed by atoms with Crippen molar-refractivity contribution in [3.8, 4) is 40.3 Å². The first kappa shape index (κ1) is 38.2. The van der Waals surface area contributed by atoms with Gasteiger partial charge in [-0.3, -0.25) is 0 Å². The largest absolute Gasteiger partial charge is 0.307 e. The molecule has 0 spiro atoms. The summed E-state index contributed by atoms with van der Waals surface area (Å²) in [7, 11) is 0. The summed E-state index contributed by atoms with van der Waals surface area (Å²) < 4.78 is 11.6. The Morgan fingerprint density at radius 1 is 0.319 bits per heavy atom. The van der Waals surface area contributed by atoms with Crippen LogP contribution in [0.2, 0.25) is 0 Å². The minimum Gasteiger partial charge on any atom is -0.307 e. The van der Waals surface area contributed by atoms with E-state index in [-0.39, 0.29) is 0 Å². The van der Waals surface area contributed by atoms with Gasteiger partial charge in [-0.15, -0.1) is 22.7 Å². The van der Waals surface area contributed by atoms with Crippen LogP contribution in [0.4, 0.5) is 0 Å². The number of nitriles is 2. The summed E-state index contributed by atoms with van der Waals surface area (Å²) in [5, 5.41) is 35.8. The Morgan fingerprint density at radius 3 is 1.25 bits per heavy atom. The van der Waals surface area contributed by atoms with Gasteiger partial charge >= 0.3 is 0 Å². The lowest BCUT2D eigenvalue weighted by Crippen LogP contribution is -2.14. The molecule has 5 heterocycles. The molecule has 69 heavy (non-hydrogen) atoms. The molecule has 15 rings (SSSR count). The average molecular weight is 912 g/mol. The number of hydrogen-bond acceptors (Lipinski definition) is 4. The third-order valence-corrected chi connectivity index (χ3v) is 16.7. The zero-order valence-corrected chi connectivity index (χ0v) is 38.2. The Balaban J connectivity index is 1.23. The first-order chi connectivity index (χ1) is 34.2. The van der Waals surface area contributed by atoms with Crippen molar-refractivity contribution < 1.29 is 0 Å². The fourth-order valence-corrected chi connectivity index (χ4v) is 13.9. The third kappa shape index (κ3) is 5.10. The van der Waals surface area contributed by atoms with Crippen molar-refractivity contribution in [2.45, 2.75) is 0 Å². The van der Waals surface area contributed by atoms with Gasteiger partial charge < -0.3 is 13.7 Å². The van der Waals surface area contributed by atoms with Crippen LogP contribution in [0.25, 0.3) is 134 Å². The molecule has 15 aromatic rings. The van der Waals surface area contributed by atoms with Gasteiger partial charge in [0.15, 0.2) is 0 Å². The summed E-state index contributed by atoms with van der Waals surface area (Å²) in [6.07, 6.45) is 0. The van der Waals surface area contributed by atoms with Gasteiger partial charge in [-0.2, -0.15) is 10.5 Å². The highest BCUT2D eigenvalue weighted by Gasteiger charge is 2.33. The number of para-hydroxylation sites is 5. The van der Waals surface area contributed by atoms with Crippen molar-refractivity contribution in [1.82, 2.24) is 13.7 Å². The number of thiophene rings is 2. The second-order valence-electron chi connectivity index (χ2n) is 17.7. The van der Waals surface area contributed by atoms with Crippen molar-refractivity contribution >= 4 is 128 Å². The predicted octanol–water partition coefficient (Wildman–Crippen LogP) is 17.1. The summed E-state index contributed by atoms with van der Waals surface area (Å²) in [5.74, 6) is 0. The highest BCUT2D eigenvalue weighted by atomic mass is 32.1. The molecular formula is C62H33N5S2. The minimum atomic E-state index is 0.409. The van der Waals surface area contributed by atoms with E-state index in [2.05, 4.69) is 226 Å². The summed E-state index contributed by atoms with van der Waals surface area (Å²) in [4.78, 5) is 0. The highest BCUT2D eigenvalue weighted by molar-refractivity contribution is 7.27. The summed E-state index contributed by atoms with van der Waals surface area (Å²) in [6, 6.07) is 76.5. The van der Waals surface area contributed by atoms with Crippen LogP contribution in [0.5, 0.6) is 0 Å². The van der Waals surface area contributed by atoms with Gasteiger partial charge in [0.1, 0.15) is 23.3 Å². The molecule has 0 saturated carbocycles. The molecule has 5 nitrogen and oxygen atoms in total. The van der Waals surface area contributed by atoms with E-state index < -0.39 is 0 Å². The van der Waals surface area contributed by atoms with Gasteiger partial charge in [-0.05, 0) is 66.2 Å². The van der Waals surface area contributed by atoms with E-state index in [1.807, 2.05) is 0 Å². The molecule has 0 radical (unpaired) electrons. The Kier molecular flexibility index (Phi) is 7.89. The van der Waals surface area contributed by atoms with Gasteiger partial charge in [0.25, 0.3) is 0 Å². The SMILES string of the molecule is N#Cc1c(-n2c3ccccc3c3ccccc32)c(-c2ccc3sc4ccccc4c3c2)c(-n2c3ccccc3c3ccccc32)c(C#N)c1-n1c2ccccc2c2c3sc4ccccc4c3ccc21. The molecule has 0 aliphatic carbocycles. The number of nitrogens with zero attached hydrogens (tertiary/aromatic N) is 5. The van der Waals surface area contributed by atoms with E-state index in [1.165, 1.54) is 35.0 Å². The molecular weight excluding hydrogens is 879 g/mol. The summed E-state index contributed by atoms with van der Waals surface area (Å²) in [6.45, 7) is 0. The highest BCUT2D eigenvalue weighted by Crippen LogP contribution is 2.51. The van der Waals surface area contributed by atoms with E-state index in [4.69, 9.17) is 0 Å². The Labute approximate surface area is 402 Å². The van der Waals surface area contributed by atoms with E-state index >= 15 is 0 Å². The number of fused-ring (bicyclic) bond motifs is 16. The lowest BCUT2D eigenvalue weighted by molar-refractivity contribution is 1.08. The molecule has 0 N–H and O–H groups in total. The number of rotatable bonds is 4. The van der Waals surface area contributed by atoms with Crippen LogP contribution in [0, 0.1) is 22.7 Å². The van der Waals surface area contributed by atoms with Gasteiger partial charge in [0.2, 0.25) is 0 Å². The standard InChI is InChI=1S/C62H33N5S2/c63-34-46-59(67-52-26-12-5-21-44(52)58-53(67)31-30-43-41-19-6-14-28-55(41)69-62(43)58)47(35-64)61(66-50-24-10-3-17-39(50)40-18-4-11-25-51(40)66)57(36-29-32-56-45(33-36)42-20-7-13-27-54(42)68-56)60(46)65-48-22-8-1-15-37(48)38-16-2-9-23-49(38)65/h1-33H. The molecule has 0 aliphatic rings. The van der Waals surface area contributed by atoms with Crippen LogP contribution in [-0.4, -0.2) is 13.7 Å². The van der Waals surface area contributed by atoms with Gasteiger partial charge in [0, 0.05) is 78.2 Å². The van der Waals surface area contributed by atoms with Crippen LogP contribution in [0.15, 0.2) is 200 Å². The van der Waals surface area contributed by atoms with Crippen molar-refractivity contribution in [3.63, 3.8) is 0 Å². The zero-order valence-electron chi connectivity index (χ0n) is 36.6. The molecule has 0 unspecified atom stereocenters. The van der Waals surface area contributed by atoms with Crippen LogP contribution < -0.4 is 0 Å². The second kappa shape index (κ2) is 14.3. The summed E-state index contributed by atoms with van der Waals surface area (Å²) >= 11 is 3.57. The van der Waals surface area contributed by atoms with Crippen molar-refractivity contribution in [3.05, 3.63) is 211 Å². The van der Waals surface area contributed by atoms with Gasteiger partial charge in [-0.25, -0.2) is 0 Å². The number of aromatic nitrogens is 3. The molecule has 0 saturated heterocycles. The quantitative estimate of drug-likeness (QED) is 0.177. The number of benzene rings is 10. The van der Waals surface area contributed by atoms with E-state index in [9.17, 15) is 10.5 Å². The average Bonchev–Trinajstić information content (AvgIpc) is 4.21. The summed E-state index contributed by atoms with van der Waals surface area (Å²) in [5.41, 5.74) is 10.2. The smallest absolute Gasteiger partial charge is 0.104 e. The van der Waals surface area contributed by atoms with Crippen LogP contribution in [0.3, 0.4) is 0 Å². The Bertz CT molecular complexity index is 4570. The molecule has 7 heteroatoms. The topological polar surface area (TPSA) is 62.4 Å². The fraction of sp³-hybridized carbons (Fsp3) is 0. The van der Waals surface area contributed by atoms with Crippen LogP contribution in [0.1, 0.15) is 11.1 Å². The molecule has 0 bridgehead atoms. The maximum atomic E-state index is 12.3. The lowest BCUT2D eigenvalue weighted by Gasteiger charge is -2.26. The number of hydrogen-bond donors (Lipinski definition) is 0. The van der Waals surface area contributed by atoms with E-state index in [0.29, 0.717) is 28.2 Å². The maximum Gasteiger partial charge on any atom is 0.104 e. The molecule has 10 aromatic carbocycles. The minimum absolute atomic E-state index is 0.409. The fourth-order valence-electron chi connectivity index (χ4n) is 11.6. The van der Waals surface area contributed by atoms with E-state index in [0.717, 1.165) is 81.9 Å². The van der Waals surface area contributed by atoms with Gasteiger partial charge in [0.05, 0.1) is 50.2 Å². The van der Waals surface area contributed by atoms with Crippen molar-refractivity contribution in [2.75, 3.05) is 0 Å². The first-order valence-corrected chi connectivity index (χ1v) is 24.6. The molecule has 0 aliphatic heterocycles. The molecule has 0 fully saturated rings. The molecule has 0 atom stereocenters. The zero-order chi connectivity index (χ0) is 45.5. The van der Waals surface area contributed by atoms with Gasteiger partial charge in [-0.1, -0.05) is 140 Å². The van der Waals surface area contributed by atoms with Crippen LogP contribution >= 0.6 is 22.7 Å². The monoisotopic (exact) mass is 911 g/mol. The second-order valence-corrected chi connectivity index (χ2v) is 19.9. The maximum absolute atomic E-state index is 12.3. The van der Waals surface area contributed by atoms with Crippen LogP contribution in [-0.2, 0) is 0 Å². The third-order valence-electron chi connectivity index (χ3n) is 14.3. The first-order valence-electron chi connectivity index (χ1n) is 23.0. The molecule has 318 valence electrons. The van der Waals surface area contributed by atoms with E-state index in [1.54, 1.807) is 22.7 Å². The molecule has 0 amide bonds. The van der Waals surface area contributed by atoms with Crippen molar-refractivity contribution in [1.29, 1.82) is 10.5 Å². The lowest BCUT2D eigenvalue weighted by atomic mass is 9.91. The predicted molar refractivity (Wildman–Crippen MR) is 290 cm³/mol.